The standard InChI is InChI=1S/C13H24N2/c1-4-7-12(5-2)15-11(3)10-13-8-6-9-14-13/h2,11-15H,4,6-10H2,1,3H3. The molecule has 3 unspecified atom stereocenters. The van der Waals surface area contributed by atoms with E-state index in [-0.39, 0.29) is 6.04 Å². The molecule has 15 heavy (non-hydrogen) atoms. The highest BCUT2D eigenvalue weighted by atomic mass is 15.0. The van der Waals surface area contributed by atoms with Crippen LogP contribution in [0.4, 0.5) is 0 Å². The summed E-state index contributed by atoms with van der Waals surface area (Å²) < 4.78 is 0. The molecule has 0 spiro atoms. The van der Waals surface area contributed by atoms with Crippen molar-refractivity contribution < 1.29 is 0 Å². The Morgan fingerprint density at radius 2 is 2.40 bits per heavy atom. The van der Waals surface area contributed by atoms with E-state index in [1.54, 1.807) is 0 Å². The molecule has 86 valence electrons. The number of hydrogen-bond donors (Lipinski definition) is 2. The molecule has 0 aromatic carbocycles. The highest BCUT2D eigenvalue weighted by molar-refractivity contribution is 4.99. The summed E-state index contributed by atoms with van der Waals surface area (Å²) in [4.78, 5) is 0. The van der Waals surface area contributed by atoms with Crippen molar-refractivity contribution in [2.24, 2.45) is 0 Å². The zero-order valence-electron chi connectivity index (χ0n) is 10.1. The quantitative estimate of drug-likeness (QED) is 0.652. The van der Waals surface area contributed by atoms with Crippen LogP contribution in [0.2, 0.25) is 0 Å². The minimum Gasteiger partial charge on any atom is -0.314 e. The summed E-state index contributed by atoms with van der Waals surface area (Å²) in [6.45, 7) is 5.60. The van der Waals surface area contributed by atoms with Gasteiger partial charge in [-0.05, 0) is 39.2 Å². The number of terminal acetylenes is 1. The van der Waals surface area contributed by atoms with Crippen LogP contribution in [0.3, 0.4) is 0 Å². The zero-order valence-corrected chi connectivity index (χ0v) is 10.1. The molecular weight excluding hydrogens is 184 g/mol. The van der Waals surface area contributed by atoms with Crippen LogP contribution in [-0.4, -0.2) is 24.7 Å². The molecule has 0 aromatic heterocycles. The Balaban J connectivity index is 2.21. The van der Waals surface area contributed by atoms with E-state index in [0.29, 0.717) is 12.1 Å². The van der Waals surface area contributed by atoms with Crippen LogP contribution in [0.15, 0.2) is 0 Å². The van der Waals surface area contributed by atoms with E-state index in [1.165, 1.54) is 25.8 Å². The minimum absolute atomic E-state index is 0.256. The van der Waals surface area contributed by atoms with Crippen LogP contribution >= 0.6 is 0 Å². The molecule has 0 bridgehead atoms. The molecule has 2 nitrogen and oxygen atoms in total. The molecular formula is C13H24N2. The molecule has 1 aliphatic rings. The lowest BCUT2D eigenvalue weighted by Crippen LogP contribution is -2.39. The van der Waals surface area contributed by atoms with Crippen LogP contribution in [0.1, 0.15) is 46.0 Å². The minimum atomic E-state index is 0.256. The lowest BCUT2D eigenvalue weighted by molar-refractivity contribution is 0.411. The lowest BCUT2D eigenvalue weighted by Gasteiger charge is -2.21. The largest absolute Gasteiger partial charge is 0.314 e. The molecule has 0 aliphatic carbocycles. The topological polar surface area (TPSA) is 24.1 Å². The van der Waals surface area contributed by atoms with E-state index in [4.69, 9.17) is 6.42 Å². The van der Waals surface area contributed by atoms with Crippen molar-refractivity contribution in [1.29, 1.82) is 0 Å². The van der Waals surface area contributed by atoms with Gasteiger partial charge in [0.2, 0.25) is 0 Å². The van der Waals surface area contributed by atoms with Gasteiger partial charge in [-0.1, -0.05) is 19.3 Å². The molecule has 2 N–H and O–H groups in total. The third-order valence-corrected chi connectivity index (χ3v) is 3.06. The summed E-state index contributed by atoms with van der Waals surface area (Å²) >= 11 is 0. The summed E-state index contributed by atoms with van der Waals surface area (Å²) in [6.07, 6.45) is 11.6. The van der Waals surface area contributed by atoms with Gasteiger partial charge in [0, 0.05) is 12.1 Å². The fraction of sp³-hybridized carbons (Fsp3) is 0.846. The first kappa shape index (κ1) is 12.5. The van der Waals surface area contributed by atoms with Crippen LogP contribution in [0.5, 0.6) is 0 Å². The number of hydrogen-bond acceptors (Lipinski definition) is 2. The van der Waals surface area contributed by atoms with E-state index in [9.17, 15) is 0 Å². The first-order valence-electron chi connectivity index (χ1n) is 6.21. The first-order chi connectivity index (χ1) is 7.26. The van der Waals surface area contributed by atoms with Crippen LogP contribution < -0.4 is 10.6 Å². The van der Waals surface area contributed by atoms with Crippen LogP contribution in [0, 0.1) is 12.3 Å². The molecule has 3 atom stereocenters. The molecule has 1 saturated heterocycles. The average Bonchev–Trinajstić information content (AvgIpc) is 2.69. The summed E-state index contributed by atoms with van der Waals surface area (Å²) in [6, 6.07) is 1.48. The molecule has 1 heterocycles. The maximum absolute atomic E-state index is 5.49. The second kappa shape index (κ2) is 6.87. The van der Waals surface area contributed by atoms with Gasteiger partial charge in [-0.2, -0.15) is 0 Å². The van der Waals surface area contributed by atoms with E-state index in [1.807, 2.05) is 0 Å². The van der Waals surface area contributed by atoms with Gasteiger partial charge in [0.25, 0.3) is 0 Å². The van der Waals surface area contributed by atoms with Crippen molar-refractivity contribution in [3.63, 3.8) is 0 Å². The SMILES string of the molecule is C#CC(CCC)NC(C)CC1CCCN1. The Morgan fingerprint density at radius 3 is 2.93 bits per heavy atom. The van der Waals surface area contributed by atoms with E-state index in [2.05, 4.69) is 30.4 Å². The van der Waals surface area contributed by atoms with Gasteiger partial charge in [0.1, 0.15) is 0 Å². The zero-order chi connectivity index (χ0) is 11.1. The second-order valence-corrected chi connectivity index (χ2v) is 4.60. The summed E-state index contributed by atoms with van der Waals surface area (Å²) in [7, 11) is 0. The molecule has 0 radical (unpaired) electrons. The summed E-state index contributed by atoms with van der Waals surface area (Å²) in [5, 5.41) is 7.04. The maximum atomic E-state index is 5.49. The molecule has 0 amide bonds. The Morgan fingerprint density at radius 1 is 1.60 bits per heavy atom. The van der Waals surface area contributed by atoms with Crippen molar-refractivity contribution >= 4 is 0 Å². The maximum Gasteiger partial charge on any atom is 0.0688 e. The van der Waals surface area contributed by atoms with Crippen molar-refractivity contribution in [2.75, 3.05) is 6.54 Å². The average molecular weight is 208 g/mol. The van der Waals surface area contributed by atoms with Crippen LogP contribution in [-0.2, 0) is 0 Å². The first-order valence-corrected chi connectivity index (χ1v) is 6.21. The van der Waals surface area contributed by atoms with E-state index < -0.39 is 0 Å². The Kier molecular flexibility index (Phi) is 5.75. The molecule has 0 aromatic rings. The van der Waals surface area contributed by atoms with Gasteiger partial charge in [0.15, 0.2) is 0 Å². The predicted molar refractivity (Wildman–Crippen MR) is 65.8 cm³/mol. The lowest BCUT2D eigenvalue weighted by atomic mass is 10.0. The Bertz CT molecular complexity index is 201. The number of nitrogens with one attached hydrogen (secondary N) is 2. The van der Waals surface area contributed by atoms with Gasteiger partial charge in [-0.15, -0.1) is 6.42 Å². The van der Waals surface area contributed by atoms with Gasteiger partial charge in [-0.25, -0.2) is 0 Å². The van der Waals surface area contributed by atoms with Gasteiger partial charge < -0.3 is 10.6 Å². The van der Waals surface area contributed by atoms with Gasteiger partial charge in [-0.3, -0.25) is 0 Å². The molecule has 2 heteroatoms. The fourth-order valence-electron chi connectivity index (χ4n) is 2.30. The van der Waals surface area contributed by atoms with Crippen LogP contribution in [0.25, 0.3) is 0 Å². The third kappa shape index (κ3) is 4.68. The Labute approximate surface area is 94.2 Å². The van der Waals surface area contributed by atoms with E-state index >= 15 is 0 Å². The Hall–Kier alpha value is -0.520. The highest BCUT2D eigenvalue weighted by Crippen LogP contribution is 2.11. The fourth-order valence-corrected chi connectivity index (χ4v) is 2.30. The molecule has 1 fully saturated rings. The van der Waals surface area contributed by atoms with Gasteiger partial charge >= 0.3 is 0 Å². The van der Waals surface area contributed by atoms with Crippen molar-refractivity contribution in [3.8, 4) is 12.3 Å². The number of rotatable bonds is 6. The molecule has 1 aliphatic heterocycles. The summed E-state index contributed by atoms with van der Waals surface area (Å²) in [5.41, 5.74) is 0. The predicted octanol–water partition coefficient (Wildman–Crippen LogP) is 1.91. The summed E-state index contributed by atoms with van der Waals surface area (Å²) in [5.74, 6) is 2.83. The van der Waals surface area contributed by atoms with Crippen molar-refractivity contribution in [1.82, 2.24) is 10.6 Å². The van der Waals surface area contributed by atoms with Crippen molar-refractivity contribution in [2.45, 2.75) is 64.1 Å². The second-order valence-electron chi connectivity index (χ2n) is 4.60. The normalized spacial score (nSPS) is 24.7. The van der Waals surface area contributed by atoms with Crippen molar-refractivity contribution in [3.05, 3.63) is 0 Å². The smallest absolute Gasteiger partial charge is 0.0688 e. The highest BCUT2D eigenvalue weighted by Gasteiger charge is 2.18. The molecule has 1 rings (SSSR count). The van der Waals surface area contributed by atoms with Gasteiger partial charge in [0.05, 0.1) is 6.04 Å². The monoisotopic (exact) mass is 208 g/mol. The molecule has 0 saturated carbocycles. The third-order valence-electron chi connectivity index (χ3n) is 3.06. The van der Waals surface area contributed by atoms with E-state index in [0.717, 1.165) is 12.8 Å².